The minimum Gasteiger partial charge on any atom is -0.505 e. The van der Waals surface area contributed by atoms with Crippen molar-refractivity contribution in [2.75, 3.05) is 12.4 Å². The number of carbonyl (C=O) groups excluding carboxylic acids is 1. The van der Waals surface area contributed by atoms with Crippen LogP contribution >= 0.6 is 0 Å². The van der Waals surface area contributed by atoms with Gasteiger partial charge >= 0.3 is 0 Å². The standard InChI is InChI=1S/C15H13N3O4S.H2O/c1-18-13(15(20)17-12-8-4-5-9-16-12)14(19)10-6-2-3-7-11(10)23(18,21)22;/h2-9,19H,1H3,(H,16,17,20);1H2. The van der Waals surface area contributed by atoms with Gasteiger partial charge in [-0.1, -0.05) is 18.2 Å². The smallest absolute Gasteiger partial charge is 0.277 e. The number of aromatic nitrogens is 1. The van der Waals surface area contributed by atoms with Crippen LogP contribution in [-0.2, 0) is 14.8 Å². The molecule has 1 aromatic heterocycles. The quantitative estimate of drug-likeness (QED) is 0.826. The topological polar surface area (TPSA) is 131 Å². The molecular formula is C15H15N3O5S. The van der Waals surface area contributed by atoms with E-state index in [4.69, 9.17) is 0 Å². The van der Waals surface area contributed by atoms with Gasteiger partial charge in [0, 0.05) is 18.8 Å². The minimum absolute atomic E-state index is 0. The Morgan fingerprint density at radius 1 is 1.17 bits per heavy atom. The fourth-order valence-electron chi connectivity index (χ4n) is 2.29. The van der Waals surface area contributed by atoms with Crippen LogP contribution in [0.3, 0.4) is 0 Å². The Bertz CT molecular complexity index is 910. The predicted molar refractivity (Wildman–Crippen MR) is 87.4 cm³/mol. The largest absolute Gasteiger partial charge is 0.505 e. The molecule has 24 heavy (non-hydrogen) atoms. The van der Waals surface area contributed by atoms with Crippen molar-refractivity contribution >= 4 is 27.5 Å². The Kier molecular flexibility index (Phi) is 4.58. The first-order chi connectivity index (χ1) is 10.9. The molecule has 0 spiro atoms. The summed E-state index contributed by atoms with van der Waals surface area (Å²) < 4.78 is 25.8. The van der Waals surface area contributed by atoms with Crippen molar-refractivity contribution in [3.05, 3.63) is 59.9 Å². The van der Waals surface area contributed by atoms with Crippen LogP contribution in [0.5, 0.6) is 0 Å². The van der Waals surface area contributed by atoms with Crippen molar-refractivity contribution in [3.8, 4) is 0 Å². The molecule has 3 rings (SSSR count). The fraction of sp³-hybridized carbons (Fsp3) is 0.0667. The summed E-state index contributed by atoms with van der Waals surface area (Å²) in [6, 6.07) is 10.9. The molecule has 0 bridgehead atoms. The van der Waals surface area contributed by atoms with Gasteiger partial charge in [0.15, 0.2) is 11.5 Å². The zero-order valence-corrected chi connectivity index (χ0v) is 13.4. The van der Waals surface area contributed by atoms with Gasteiger partial charge in [0.05, 0.1) is 4.90 Å². The normalized spacial score (nSPS) is 15.3. The van der Waals surface area contributed by atoms with E-state index in [1.807, 2.05) is 0 Å². The maximum absolute atomic E-state index is 12.5. The molecule has 0 saturated heterocycles. The van der Waals surface area contributed by atoms with Crippen LogP contribution in [0.2, 0.25) is 0 Å². The summed E-state index contributed by atoms with van der Waals surface area (Å²) in [6.45, 7) is 0. The third kappa shape index (κ3) is 2.70. The number of aliphatic hydroxyl groups is 1. The molecule has 0 unspecified atom stereocenters. The van der Waals surface area contributed by atoms with Gasteiger partial charge in [-0.25, -0.2) is 13.4 Å². The monoisotopic (exact) mass is 349 g/mol. The highest BCUT2D eigenvalue weighted by molar-refractivity contribution is 7.89. The van der Waals surface area contributed by atoms with Gasteiger partial charge in [-0.3, -0.25) is 9.10 Å². The summed E-state index contributed by atoms with van der Waals surface area (Å²) in [5.41, 5.74) is -0.258. The van der Waals surface area contributed by atoms with E-state index in [0.29, 0.717) is 0 Å². The third-order valence-corrected chi connectivity index (χ3v) is 5.26. The van der Waals surface area contributed by atoms with Gasteiger partial charge in [0.25, 0.3) is 15.9 Å². The number of hydrogen-bond acceptors (Lipinski definition) is 5. The zero-order valence-electron chi connectivity index (χ0n) is 12.6. The van der Waals surface area contributed by atoms with Gasteiger partial charge < -0.3 is 15.9 Å². The van der Waals surface area contributed by atoms with Crippen molar-refractivity contribution < 1.29 is 23.8 Å². The second-order valence-electron chi connectivity index (χ2n) is 4.84. The molecule has 126 valence electrons. The molecule has 1 aromatic carbocycles. The van der Waals surface area contributed by atoms with E-state index in [0.717, 1.165) is 4.31 Å². The first-order valence-corrected chi connectivity index (χ1v) is 8.11. The van der Waals surface area contributed by atoms with Crippen molar-refractivity contribution in [1.29, 1.82) is 0 Å². The molecule has 8 nitrogen and oxygen atoms in total. The van der Waals surface area contributed by atoms with E-state index in [1.54, 1.807) is 30.3 Å². The number of anilines is 1. The molecular weight excluding hydrogens is 334 g/mol. The number of nitrogens with zero attached hydrogens (tertiary/aromatic N) is 2. The maximum atomic E-state index is 12.5. The molecule has 1 aliphatic rings. The molecule has 0 fully saturated rings. The lowest BCUT2D eigenvalue weighted by molar-refractivity contribution is -0.113. The van der Waals surface area contributed by atoms with E-state index in [1.165, 1.54) is 25.4 Å². The highest BCUT2D eigenvalue weighted by atomic mass is 32.2. The van der Waals surface area contributed by atoms with Crippen molar-refractivity contribution in [2.24, 2.45) is 0 Å². The lowest BCUT2D eigenvalue weighted by Gasteiger charge is -2.28. The van der Waals surface area contributed by atoms with Gasteiger partial charge in [-0.15, -0.1) is 0 Å². The predicted octanol–water partition coefficient (Wildman–Crippen LogP) is 0.756. The average Bonchev–Trinajstić information content (AvgIpc) is 2.54. The molecule has 1 aliphatic heterocycles. The van der Waals surface area contributed by atoms with Gasteiger partial charge in [0.2, 0.25) is 0 Å². The summed E-state index contributed by atoms with van der Waals surface area (Å²) in [5, 5.41) is 12.8. The van der Waals surface area contributed by atoms with Crippen LogP contribution in [0.15, 0.2) is 59.3 Å². The number of amides is 1. The number of pyridine rings is 1. The first-order valence-electron chi connectivity index (χ1n) is 6.67. The number of rotatable bonds is 2. The van der Waals surface area contributed by atoms with E-state index >= 15 is 0 Å². The maximum Gasteiger partial charge on any atom is 0.277 e. The SMILES string of the molecule is CN1C(C(=O)Nc2ccccn2)=C(O)c2ccccc2S1(=O)=O.O. The van der Waals surface area contributed by atoms with Gasteiger partial charge in [-0.2, -0.15) is 0 Å². The van der Waals surface area contributed by atoms with E-state index in [9.17, 15) is 18.3 Å². The van der Waals surface area contributed by atoms with Gasteiger partial charge in [0.1, 0.15) is 5.82 Å². The van der Waals surface area contributed by atoms with Crippen LogP contribution < -0.4 is 5.32 Å². The molecule has 9 heteroatoms. The van der Waals surface area contributed by atoms with Crippen LogP contribution in [-0.4, -0.2) is 41.2 Å². The van der Waals surface area contributed by atoms with Crippen molar-refractivity contribution in [2.45, 2.75) is 4.90 Å². The number of carbonyl (C=O) groups is 1. The first kappa shape index (κ1) is 17.4. The number of aliphatic hydroxyl groups excluding tert-OH is 1. The van der Waals surface area contributed by atoms with Crippen molar-refractivity contribution in [3.63, 3.8) is 0 Å². The Labute approximate surface area is 138 Å². The van der Waals surface area contributed by atoms with Crippen LogP contribution in [0, 0.1) is 0 Å². The van der Waals surface area contributed by atoms with E-state index < -0.39 is 21.7 Å². The summed E-state index contributed by atoms with van der Waals surface area (Å²) >= 11 is 0. The average molecular weight is 349 g/mol. The highest BCUT2D eigenvalue weighted by Gasteiger charge is 2.37. The van der Waals surface area contributed by atoms with Crippen molar-refractivity contribution in [1.82, 2.24) is 9.29 Å². The second kappa shape index (κ2) is 6.30. The van der Waals surface area contributed by atoms with Crippen LogP contribution in [0.4, 0.5) is 5.82 Å². The minimum atomic E-state index is -3.91. The molecule has 2 heterocycles. The van der Waals surface area contributed by atoms with Crippen LogP contribution in [0.25, 0.3) is 5.76 Å². The molecule has 0 radical (unpaired) electrons. The molecule has 0 aliphatic carbocycles. The van der Waals surface area contributed by atoms with E-state index in [-0.39, 0.29) is 27.5 Å². The summed E-state index contributed by atoms with van der Waals surface area (Å²) in [4.78, 5) is 16.3. The zero-order chi connectivity index (χ0) is 16.6. The number of sulfonamides is 1. The fourth-order valence-corrected chi connectivity index (χ4v) is 3.69. The molecule has 1 amide bonds. The van der Waals surface area contributed by atoms with Gasteiger partial charge in [-0.05, 0) is 24.3 Å². The summed E-state index contributed by atoms with van der Waals surface area (Å²) in [6.07, 6.45) is 1.49. The molecule has 0 saturated carbocycles. The summed E-state index contributed by atoms with van der Waals surface area (Å²) in [7, 11) is -2.69. The highest BCUT2D eigenvalue weighted by Crippen LogP contribution is 2.34. The Hall–Kier alpha value is -2.91. The lowest BCUT2D eigenvalue weighted by Crippen LogP contribution is -2.37. The number of likely N-dealkylation sites (N-methyl/N-ethyl adjacent to an activating group) is 1. The molecule has 0 atom stereocenters. The number of hydrogen-bond donors (Lipinski definition) is 2. The summed E-state index contributed by atoms with van der Waals surface area (Å²) in [5.74, 6) is -0.907. The Morgan fingerprint density at radius 2 is 1.83 bits per heavy atom. The lowest BCUT2D eigenvalue weighted by atomic mass is 10.1. The third-order valence-electron chi connectivity index (χ3n) is 3.44. The van der Waals surface area contributed by atoms with Crippen LogP contribution in [0.1, 0.15) is 5.56 Å². The molecule has 4 N–H and O–H groups in total. The molecule has 2 aromatic rings. The number of benzene rings is 1. The second-order valence-corrected chi connectivity index (χ2v) is 6.77. The Balaban J connectivity index is 0.00000208. The number of nitrogens with one attached hydrogen (secondary N) is 1. The van der Waals surface area contributed by atoms with E-state index in [2.05, 4.69) is 10.3 Å². The number of fused-ring (bicyclic) bond motifs is 1. The Morgan fingerprint density at radius 3 is 2.50 bits per heavy atom.